The van der Waals surface area contributed by atoms with E-state index in [1.165, 1.54) is 5.56 Å². The molecule has 164 valence electrons. The van der Waals surface area contributed by atoms with E-state index in [-0.39, 0.29) is 11.3 Å². The summed E-state index contributed by atoms with van der Waals surface area (Å²) in [6, 6.07) is 28.9. The quantitative estimate of drug-likeness (QED) is 0.338. The van der Waals surface area contributed by atoms with Crippen molar-refractivity contribution in [3.05, 3.63) is 124 Å². The molecule has 0 aliphatic heterocycles. The van der Waals surface area contributed by atoms with E-state index >= 15 is 0 Å². The van der Waals surface area contributed by atoms with Crippen molar-refractivity contribution >= 4 is 28.1 Å². The van der Waals surface area contributed by atoms with Gasteiger partial charge in [-0.25, -0.2) is 0 Å². The predicted octanol–water partition coefficient (Wildman–Crippen LogP) is 6.56. The molecule has 0 amide bonds. The van der Waals surface area contributed by atoms with Crippen molar-refractivity contribution < 1.29 is 4.79 Å². The summed E-state index contributed by atoms with van der Waals surface area (Å²) in [4.78, 5) is 27.2. The van der Waals surface area contributed by atoms with Gasteiger partial charge in [-0.2, -0.15) is 0 Å². The fourth-order valence-electron chi connectivity index (χ4n) is 4.79. The Balaban J connectivity index is 1.68. The topological polar surface area (TPSA) is 51.1 Å². The largest absolute Gasteiger partial charge is 0.355 e. The number of carbonyl (C=O) groups is 1. The molecule has 5 aromatic rings. The highest BCUT2D eigenvalue weighted by molar-refractivity contribution is 6.28. The SMILES string of the molecule is Cc1ccc(Nc2ccc3c4c(cc(=O)n3-c3ccc(C)cc3)-c3ccccc3C(=O)c24)cc1. The summed E-state index contributed by atoms with van der Waals surface area (Å²) < 4.78 is 1.69. The number of nitrogens with one attached hydrogen (secondary N) is 1. The van der Waals surface area contributed by atoms with Crippen LogP contribution in [0, 0.1) is 13.8 Å². The molecule has 34 heavy (non-hydrogen) atoms. The average Bonchev–Trinajstić information content (AvgIpc) is 2.85. The van der Waals surface area contributed by atoms with E-state index in [1.807, 2.05) is 98.8 Å². The van der Waals surface area contributed by atoms with E-state index in [9.17, 15) is 9.59 Å². The van der Waals surface area contributed by atoms with Crippen LogP contribution in [0.1, 0.15) is 27.0 Å². The smallest absolute Gasteiger partial charge is 0.256 e. The minimum atomic E-state index is -0.124. The maximum Gasteiger partial charge on any atom is 0.256 e. The molecule has 0 bridgehead atoms. The highest BCUT2D eigenvalue weighted by Crippen LogP contribution is 2.42. The predicted molar refractivity (Wildman–Crippen MR) is 138 cm³/mol. The highest BCUT2D eigenvalue weighted by atomic mass is 16.1. The fraction of sp³-hybridized carbons (Fsp3) is 0.0667. The molecule has 1 aromatic heterocycles. The number of aromatic nitrogens is 1. The lowest BCUT2D eigenvalue weighted by Crippen LogP contribution is -2.22. The number of nitrogens with zero attached hydrogens (tertiary/aromatic N) is 1. The van der Waals surface area contributed by atoms with Gasteiger partial charge in [0.2, 0.25) is 0 Å². The van der Waals surface area contributed by atoms with Crippen LogP contribution in [0.25, 0.3) is 27.7 Å². The lowest BCUT2D eigenvalue weighted by atomic mass is 9.83. The number of ketones is 1. The van der Waals surface area contributed by atoms with Crippen LogP contribution in [0.2, 0.25) is 0 Å². The number of hydrogen-bond acceptors (Lipinski definition) is 3. The third kappa shape index (κ3) is 3.07. The molecular formula is C30H22N2O2. The van der Waals surface area contributed by atoms with Crippen LogP contribution < -0.4 is 10.9 Å². The lowest BCUT2D eigenvalue weighted by Gasteiger charge is -2.24. The summed E-state index contributed by atoms with van der Waals surface area (Å²) in [6.07, 6.45) is 0. The van der Waals surface area contributed by atoms with Gasteiger partial charge >= 0.3 is 0 Å². The minimum Gasteiger partial charge on any atom is -0.355 e. The molecule has 0 unspecified atom stereocenters. The van der Waals surface area contributed by atoms with Crippen LogP contribution in [0.5, 0.6) is 0 Å². The van der Waals surface area contributed by atoms with Crippen molar-refractivity contribution in [3.8, 4) is 16.8 Å². The second kappa shape index (κ2) is 7.56. The maximum atomic E-state index is 13.8. The zero-order chi connectivity index (χ0) is 23.4. The number of aryl methyl sites for hydroxylation is 2. The Hall–Kier alpha value is -4.44. The molecule has 1 aliphatic rings. The maximum absolute atomic E-state index is 13.8. The first-order valence-corrected chi connectivity index (χ1v) is 11.3. The van der Waals surface area contributed by atoms with Gasteiger partial charge < -0.3 is 5.32 Å². The first kappa shape index (κ1) is 20.2. The Morgan fingerprint density at radius 3 is 2.03 bits per heavy atom. The molecule has 4 aromatic carbocycles. The van der Waals surface area contributed by atoms with Crippen LogP contribution in [0.4, 0.5) is 11.4 Å². The van der Waals surface area contributed by atoms with Gasteiger partial charge in [0.25, 0.3) is 5.56 Å². The van der Waals surface area contributed by atoms with Crippen LogP contribution in [-0.4, -0.2) is 10.4 Å². The van der Waals surface area contributed by atoms with Gasteiger partial charge in [0.1, 0.15) is 0 Å². The molecule has 0 spiro atoms. The summed E-state index contributed by atoms with van der Waals surface area (Å²) in [5.74, 6) is -0.0441. The zero-order valence-electron chi connectivity index (χ0n) is 18.9. The molecule has 0 fully saturated rings. The first-order valence-electron chi connectivity index (χ1n) is 11.3. The van der Waals surface area contributed by atoms with Gasteiger partial charge in [-0.15, -0.1) is 0 Å². The number of benzene rings is 4. The summed E-state index contributed by atoms with van der Waals surface area (Å²) in [5, 5.41) is 4.23. The van der Waals surface area contributed by atoms with Crippen molar-refractivity contribution in [3.63, 3.8) is 0 Å². The second-order valence-corrected chi connectivity index (χ2v) is 8.82. The van der Waals surface area contributed by atoms with E-state index in [4.69, 9.17) is 0 Å². The van der Waals surface area contributed by atoms with E-state index in [0.717, 1.165) is 44.7 Å². The number of hydrogen-bond donors (Lipinski definition) is 1. The second-order valence-electron chi connectivity index (χ2n) is 8.82. The van der Waals surface area contributed by atoms with Crippen LogP contribution >= 0.6 is 0 Å². The van der Waals surface area contributed by atoms with Gasteiger partial charge in [0, 0.05) is 28.4 Å². The monoisotopic (exact) mass is 442 g/mol. The van der Waals surface area contributed by atoms with Crippen LogP contribution in [-0.2, 0) is 0 Å². The third-order valence-corrected chi connectivity index (χ3v) is 6.49. The molecule has 1 heterocycles. The summed E-state index contributed by atoms with van der Waals surface area (Å²) >= 11 is 0. The van der Waals surface area contributed by atoms with E-state index in [0.29, 0.717) is 11.1 Å². The third-order valence-electron chi connectivity index (χ3n) is 6.49. The Labute approximate surface area is 197 Å². The number of fused-ring (bicyclic) bond motifs is 2. The summed E-state index contributed by atoms with van der Waals surface area (Å²) in [7, 11) is 0. The number of pyridine rings is 1. The van der Waals surface area contributed by atoms with Crippen molar-refractivity contribution in [2.75, 3.05) is 5.32 Å². The normalized spacial score (nSPS) is 12.0. The molecule has 0 saturated heterocycles. The van der Waals surface area contributed by atoms with Gasteiger partial charge in [0.05, 0.1) is 16.8 Å². The standard InChI is InChI=1S/C30H22N2O2/c1-18-7-11-20(12-8-18)31-25-15-16-26-28-24(22-5-3-4-6-23(22)30(34)29(25)28)17-27(33)32(26)21-13-9-19(2)10-14-21/h3-17,31H,1-2H3. The first-order chi connectivity index (χ1) is 16.5. The van der Waals surface area contributed by atoms with Gasteiger partial charge in [-0.05, 0) is 61.4 Å². The fourth-order valence-corrected chi connectivity index (χ4v) is 4.79. The van der Waals surface area contributed by atoms with Crippen LogP contribution in [0.15, 0.2) is 95.8 Å². The van der Waals surface area contributed by atoms with E-state index in [2.05, 4.69) is 5.32 Å². The van der Waals surface area contributed by atoms with E-state index in [1.54, 1.807) is 10.6 Å². The molecule has 0 radical (unpaired) electrons. The Bertz CT molecular complexity index is 1660. The Morgan fingerprint density at radius 2 is 1.32 bits per heavy atom. The van der Waals surface area contributed by atoms with Gasteiger partial charge in [-0.1, -0.05) is 59.7 Å². The molecule has 6 rings (SSSR count). The molecule has 1 N–H and O–H groups in total. The van der Waals surface area contributed by atoms with Crippen molar-refractivity contribution in [1.82, 2.24) is 4.57 Å². The van der Waals surface area contributed by atoms with Crippen molar-refractivity contribution in [2.45, 2.75) is 13.8 Å². The molecule has 1 aliphatic carbocycles. The van der Waals surface area contributed by atoms with Crippen molar-refractivity contribution in [1.29, 1.82) is 0 Å². The zero-order valence-corrected chi connectivity index (χ0v) is 18.9. The Morgan fingerprint density at radius 1 is 0.676 bits per heavy atom. The average molecular weight is 443 g/mol. The molecule has 0 saturated carbocycles. The summed E-state index contributed by atoms with van der Waals surface area (Å²) in [5.41, 5.74) is 8.08. The number of carbonyl (C=O) groups excluding carboxylic acids is 1. The number of anilines is 2. The van der Waals surface area contributed by atoms with Gasteiger partial charge in [-0.3, -0.25) is 14.2 Å². The molecule has 4 heteroatoms. The highest BCUT2D eigenvalue weighted by Gasteiger charge is 2.29. The van der Waals surface area contributed by atoms with Crippen LogP contribution in [0.3, 0.4) is 0 Å². The molecule has 0 atom stereocenters. The molecular weight excluding hydrogens is 420 g/mol. The number of rotatable bonds is 3. The van der Waals surface area contributed by atoms with E-state index < -0.39 is 0 Å². The minimum absolute atomic E-state index is 0.0441. The van der Waals surface area contributed by atoms with Gasteiger partial charge in [0.15, 0.2) is 5.78 Å². The molecule has 4 nitrogen and oxygen atoms in total. The Kier molecular flexibility index (Phi) is 4.49. The van der Waals surface area contributed by atoms with Crippen molar-refractivity contribution in [2.24, 2.45) is 0 Å². The lowest BCUT2D eigenvalue weighted by molar-refractivity contribution is 0.104. The summed E-state index contributed by atoms with van der Waals surface area (Å²) in [6.45, 7) is 4.06.